The maximum Gasteiger partial charge on any atom is 0.422 e. The van der Waals surface area contributed by atoms with Crippen molar-refractivity contribution < 1.29 is 31.9 Å². The Morgan fingerprint density at radius 3 is 2.56 bits per heavy atom. The number of alkyl halides is 3. The monoisotopic (exact) mass is 491 g/mol. The first kappa shape index (κ1) is 23.7. The van der Waals surface area contributed by atoms with Gasteiger partial charge >= 0.3 is 11.3 Å². The van der Waals surface area contributed by atoms with Crippen LogP contribution in [-0.4, -0.2) is 39.4 Å². The maximum atomic E-state index is 12.8. The van der Waals surface area contributed by atoms with E-state index < -0.39 is 24.0 Å². The number of rotatable bonds is 9. The van der Waals surface area contributed by atoms with Crippen LogP contribution in [0.2, 0.25) is 0 Å². The van der Waals surface area contributed by atoms with Crippen LogP contribution in [0.3, 0.4) is 0 Å². The van der Waals surface area contributed by atoms with Crippen LogP contribution in [0, 0.1) is 0 Å². The summed E-state index contributed by atoms with van der Waals surface area (Å²) in [6.45, 7) is -1.06. The molecule has 0 amide bonds. The Hall–Kier alpha value is -3.44. The molecule has 2 aromatic heterocycles. The van der Waals surface area contributed by atoms with E-state index in [9.17, 15) is 17.7 Å². The third-order valence-electron chi connectivity index (χ3n) is 4.68. The van der Waals surface area contributed by atoms with Crippen LogP contribution in [-0.2, 0) is 23.5 Å². The lowest BCUT2D eigenvalue weighted by Gasteiger charge is -2.12. The molecule has 1 unspecified atom stereocenters. The van der Waals surface area contributed by atoms with Gasteiger partial charge in [-0.05, 0) is 17.7 Å². The van der Waals surface area contributed by atoms with Gasteiger partial charge in [-0.1, -0.05) is 30.3 Å². The fourth-order valence-electron chi connectivity index (χ4n) is 3.07. The highest BCUT2D eigenvalue weighted by molar-refractivity contribution is 7.90. The summed E-state index contributed by atoms with van der Waals surface area (Å²) in [5.74, 6) is 0.975. The molecule has 11 heteroatoms. The molecule has 2 heterocycles. The van der Waals surface area contributed by atoms with Crippen molar-refractivity contribution in [1.29, 1.82) is 0 Å². The molecule has 1 atom stereocenters. The molecule has 0 saturated heterocycles. The molecule has 7 nitrogen and oxygen atoms in total. The van der Waals surface area contributed by atoms with Gasteiger partial charge in [-0.25, -0.2) is 0 Å². The van der Waals surface area contributed by atoms with Crippen molar-refractivity contribution in [3.8, 4) is 17.2 Å². The van der Waals surface area contributed by atoms with Gasteiger partial charge in [0.25, 0.3) is 0 Å². The molecule has 0 aliphatic carbocycles. The molecule has 0 bridgehead atoms. The van der Waals surface area contributed by atoms with Crippen molar-refractivity contribution in [1.82, 2.24) is 15.0 Å². The molecule has 178 valence electrons. The maximum absolute atomic E-state index is 12.8. The van der Waals surface area contributed by atoms with Gasteiger partial charge in [-0.2, -0.15) is 18.2 Å². The second-order valence-corrected chi connectivity index (χ2v) is 8.58. The van der Waals surface area contributed by atoms with E-state index in [0.717, 1.165) is 5.56 Å². The average molecular weight is 491 g/mol. The Labute approximate surface area is 196 Å². The van der Waals surface area contributed by atoms with E-state index >= 15 is 0 Å². The van der Waals surface area contributed by atoms with Crippen LogP contribution in [0.5, 0.6) is 17.2 Å². The quantitative estimate of drug-likeness (QED) is 0.339. The number of ether oxygens (including phenoxy) is 3. The highest BCUT2D eigenvalue weighted by Crippen LogP contribution is 2.29. The molecule has 34 heavy (non-hydrogen) atoms. The SMILES string of the molecule is COc1cc(C[S+]([O-])c2nc3cc(OCC(F)(F)F)ccc3[nH]2)ncc1OCc1ccccc1. The zero-order valence-electron chi connectivity index (χ0n) is 18.0. The number of halogens is 3. The molecule has 0 radical (unpaired) electrons. The first-order chi connectivity index (χ1) is 16.3. The summed E-state index contributed by atoms with van der Waals surface area (Å²) in [5, 5.41) is 0.174. The molecule has 0 aliphatic heterocycles. The minimum atomic E-state index is -4.44. The minimum Gasteiger partial charge on any atom is -0.609 e. The number of nitrogens with zero attached hydrogens (tertiary/aromatic N) is 2. The number of hydrogen-bond acceptors (Lipinski definition) is 6. The summed E-state index contributed by atoms with van der Waals surface area (Å²) in [6, 6.07) is 15.5. The van der Waals surface area contributed by atoms with Gasteiger partial charge in [-0.3, -0.25) is 9.97 Å². The molecule has 0 saturated carbocycles. The normalized spacial score (nSPS) is 12.5. The summed E-state index contributed by atoms with van der Waals surface area (Å²) in [4.78, 5) is 11.5. The number of benzene rings is 2. The van der Waals surface area contributed by atoms with Crippen LogP contribution in [0.1, 0.15) is 11.3 Å². The summed E-state index contributed by atoms with van der Waals surface area (Å²) >= 11 is -1.59. The number of nitrogens with one attached hydrogen (secondary N) is 1. The molecule has 2 aromatic carbocycles. The summed E-state index contributed by atoms with van der Waals surface area (Å²) < 4.78 is 65.8. The molecule has 0 aliphatic rings. The number of aromatic nitrogens is 3. The van der Waals surface area contributed by atoms with Gasteiger partial charge in [0.05, 0.1) is 30.0 Å². The minimum absolute atomic E-state index is 0.0196. The highest BCUT2D eigenvalue weighted by atomic mass is 32.2. The van der Waals surface area contributed by atoms with Gasteiger partial charge in [-0.15, -0.1) is 0 Å². The number of aromatic amines is 1. The van der Waals surface area contributed by atoms with Crippen LogP contribution in [0.25, 0.3) is 11.0 Å². The van der Waals surface area contributed by atoms with Gasteiger partial charge in [0.2, 0.25) is 0 Å². The molecule has 4 aromatic rings. The standard InChI is InChI=1S/C23H20F3N3O4S/c1-31-20-9-16(27-11-21(20)32-12-15-5-3-2-4-6-15)13-34(30)22-28-18-8-7-17(10-19(18)29-22)33-14-23(24,25)26/h2-11H,12-14H2,1H3,(H,28,29). The second-order valence-electron chi connectivity index (χ2n) is 7.22. The second kappa shape index (κ2) is 10.2. The third kappa shape index (κ3) is 6.12. The predicted octanol–water partition coefficient (Wildman–Crippen LogP) is 4.79. The van der Waals surface area contributed by atoms with E-state index in [2.05, 4.69) is 15.0 Å². The van der Waals surface area contributed by atoms with Crippen molar-refractivity contribution in [2.24, 2.45) is 0 Å². The highest BCUT2D eigenvalue weighted by Gasteiger charge is 2.28. The van der Waals surface area contributed by atoms with E-state index in [4.69, 9.17) is 14.2 Å². The van der Waals surface area contributed by atoms with Crippen molar-refractivity contribution in [2.45, 2.75) is 23.7 Å². The van der Waals surface area contributed by atoms with Crippen molar-refractivity contribution in [3.63, 3.8) is 0 Å². The van der Waals surface area contributed by atoms with Gasteiger partial charge in [0.1, 0.15) is 12.4 Å². The summed E-state index contributed by atoms with van der Waals surface area (Å²) in [6.07, 6.45) is -2.93. The molecule has 4 rings (SSSR count). The first-order valence-corrected chi connectivity index (χ1v) is 11.4. The van der Waals surface area contributed by atoms with E-state index in [1.807, 2.05) is 30.3 Å². The fourth-order valence-corrected chi connectivity index (χ4v) is 4.06. The van der Waals surface area contributed by atoms with Crippen LogP contribution < -0.4 is 14.2 Å². The van der Waals surface area contributed by atoms with Crippen LogP contribution >= 0.6 is 0 Å². The zero-order valence-corrected chi connectivity index (χ0v) is 18.8. The average Bonchev–Trinajstić information content (AvgIpc) is 3.26. The molecule has 0 spiro atoms. The lowest BCUT2D eigenvalue weighted by atomic mass is 10.2. The Balaban J connectivity index is 1.43. The summed E-state index contributed by atoms with van der Waals surface area (Å²) in [7, 11) is 1.50. The van der Waals surface area contributed by atoms with Gasteiger partial charge in [0.15, 0.2) is 23.9 Å². The Kier molecular flexibility index (Phi) is 7.13. The molecular formula is C23H20F3N3O4S. The van der Waals surface area contributed by atoms with Crippen molar-refractivity contribution in [3.05, 3.63) is 72.1 Å². The number of methoxy groups -OCH3 is 1. The van der Waals surface area contributed by atoms with Crippen molar-refractivity contribution in [2.75, 3.05) is 13.7 Å². The molecular weight excluding hydrogens is 471 g/mol. The van der Waals surface area contributed by atoms with Gasteiger partial charge < -0.3 is 18.8 Å². The lowest BCUT2D eigenvalue weighted by molar-refractivity contribution is -0.153. The largest absolute Gasteiger partial charge is 0.609 e. The fraction of sp³-hybridized carbons (Fsp3) is 0.217. The Bertz CT molecular complexity index is 1250. The van der Waals surface area contributed by atoms with Crippen molar-refractivity contribution >= 4 is 22.2 Å². The van der Waals surface area contributed by atoms with Crippen LogP contribution in [0.15, 0.2) is 66.0 Å². The lowest BCUT2D eigenvalue weighted by Crippen LogP contribution is -2.19. The number of fused-ring (bicyclic) bond motifs is 1. The number of pyridine rings is 1. The predicted molar refractivity (Wildman–Crippen MR) is 119 cm³/mol. The van der Waals surface area contributed by atoms with E-state index in [1.54, 1.807) is 6.07 Å². The number of H-pyrrole nitrogens is 1. The Morgan fingerprint density at radius 1 is 1.03 bits per heavy atom. The molecule has 1 N–H and O–H groups in total. The number of hydrogen-bond donors (Lipinski definition) is 1. The third-order valence-corrected chi connectivity index (χ3v) is 5.86. The van der Waals surface area contributed by atoms with E-state index in [0.29, 0.717) is 34.8 Å². The molecule has 0 fully saturated rings. The topological polar surface area (TPSA) is 92.3 Å². The van der Waals surface area contributed by atoms with Gasteiger partial charge in [0, 0.05) is 23.3 Å². The first-order valence-electron chi connectivity index (χ1n) is 10.1. The Morgan fingerprint density at radius 2 is 1.82 bits per heavy atom. The zero-order chi connectivity index (χ0) is 24.1. The smallest absolute Gasteiger partial charge is 0.422 e. The summed E-state index contributed by atoms with van der Waals surface area (Å²) in [5.41, 5.74) is 2.36. The van der Waals surface area contributed by atoms with Crippen LogP contribution in [0.4, 0.5) is 13.2 Å². The number of imidazole rings is 1. The van der Waals surface area contributed by atoms with E-state index in [1.165, 1.54) is 31.5 Å². The van der Waals surface area contributed by atoms with E-state index in [-0.39, 0.29) is 16.7 Å².